The van der Waals surface area contributed by atoms with Crippen molar-refractivity contribution in [3.8, 4) is 33.6 Å². The minimum Gasteiger partial charge on any atom is -0.353 e. The van der Waals surface area contributed by atoms with Crippen LogP contribution >= 0.6 is 0 Å². The smallest absolute Gasteiger partial charge is 0.116 e. The minimum absolute atomic E-state index is 0.909. The van der Waals surface area contributed by atoms with E-state index in [2.05, 4.69) is 80.6 Å². The van der Waals surface area contributed by atoms with E-state index in [1.807, 2.05) is 30.7 Å². The minimum atomic E-state index is 0.909. The lowest BCUT2D eigenvalue weighted by Gasteiger charge is -2.05. The number of aryl methyl sites for hydroxylation is 1. The fourth-order valence-corrected chi connectivity index (χ4v) is 4.21. The molecule has 6 aromatic rings. The molecule has 0 aliphatic carbocycles. The van der Waals surface area contributed by atoms with Crippen molar-refractivity contribution in [3.63, 3.8) is 0 Å². The highest BCUT2D eigenvalue weighted by molar-refractivity contribution is 6.01. The van der Waals surface area contributed by atoms with Crippen LogP contribution in [0.15, 0.2) is 85.5 Å². The number of pyridine rings is 2. The Labute approximate surface area is 178 Å². The quantitative estimate of drug-likeness (QED) is 0.374. The normalized spacial score (nSPS) is 11.4. The number of nitrogens with one attached hydrogen (secondary N) is 2. The van der Waals surface area contributed by atoms with Gasteiger partial charge in [0.2, 0.25) is 0 Å². The van der Waals surface area contributed by atoms with Crippen LogP contribution < -0.4 is 0 Å². The molecule has 5 heteroatoms. The van der Waals surface area contributed by atoms with Crippen molar-refractivity contribution in [3.05, 3.63) is 91.0 Å². The van der Waals surface area contributed by atoms with E-state index in [9.17, 15) is 0 Å². The van der Waals surface area contributed by atoms with E-state index in [0.29, 0.717) is 0 Å². The van der Waals surface area contributed by atoms with E-state index in [1.165, 1.54) is 5.56 Å². The van der Waals surface area contributed by atoms with Crippen molar-refractivity contribution >= 4 is 21.8 Å². The molecule has 2 N–H and O–H groups in total. The van der Waals surface area contributed by atoms with Crippen LogP contribution in [0.25, 0.3) is 55.4 Å². The van der Waals surface area contributed by atoms with Crippen molar-refractivity contribution in [2.45, 2.75) is 6.92 Å². The van der Waals surface area contributed by atoms with Crippen LogP contribution in [0, 0.1) is 6.92 Å². The molecule has 0 unspecified atom stereocenters. The van der Waals surface area contributed by atoms with Gasteiger partial charge in [0.05, 0.1) is 11.2 Å². The molecule has 0 radical (unpaired) electrons. The first-order chi connectivity index (χ1) is 15.3. The Morgan fingerprint density at radius 1 is 0.710 bits per heavy atom. The van der Waals surface area contributed by atoms with Crippen LogP contribution in [0.4, 0.5) is 0 Å². The average Bonchev–Trinajstić information content (AvgIpc) is 3.43. The molecule has 0 spiro atoms. The lowest BCUT2D eigenvalue weighted by molar-refractivity contribution is 1.12. The van der Waals surface area contributed by atoms with Gasteiger partial charge in [-0.3, -0.25) is 15.1 Å². The number of nitrogens with zero attached hydrogens (tertiary/aromatic N) is 3. The van der Waals surface area contributed by atoms with Gasteiger partial charge in [0.15, 0.2) is 0 Å². The van der Waals surface area contributed by atoms with E-state index in [4.69, 9.17) is 0 Å². The second kappa shape index (κ2) is 6.92. The van der Waals surface area contributed by atoms with Crippen molar-refractivity contribution in [2.75, 3.05) is 0 Å². The number of benzene rings is 2. The molecule has 0 bridgehead atoms. The molecule has 5 nitrogen and oxygen atoms in total. The first kappa shape index (κ1) is 17.6. The van der Waals surface area contributed by atoms with Gasteiger partial charge in [-0.15, -0.1) is 0 Å². The second-order valence-electron chi connectivity index (χ2n) is 7.71. The molecule has 0 fully saturated rings. The van der Waals surface area contributed by atoms with Gasteiger partial charge in [0.25, 0.3) is 0 Å². The maximum atomic E-state index is 4.64. The Morgan fingerprint density at radius 3 is 2.52 bits per heavy atom. The SMILES string of the molecule is Cc1ccncc1-c1ccc2[nH]nc(-c3cc4c(-c5cccnc5)cccc4[nH]3)c2c1. The highest BCUT2D eigenvalue weighted by atomic mass is 15.1. The summed E-state index contributed by atoms with van der Waals surface area (Å²) in [6, 6.07) is 20.9. The molecule has 0 amide bonds. The van der Waals surface area contributed by atoms with Crippen LogP contribution in [0.5, 0.6) is 0 Å². The van der Waals surface area contributed by atoms with E-state index in [0.717, 1.165) is 55.4 Å². The van der Waals surface area contributed by atoms with Crippen LogP contribution in [0.2, 0.25) is 0 Å². The zero-order valence-corrected chi connectivity index (χ0v) is 16.9. The molecular weight excluding hydrogens is 382 g/mol. The van der Waals surface area contributed by atoms with Gasteiger partial charge < -0.3 is 4.98 Å². The molecule has 4 aromatic heterocycles. The monoisotopic (exact) mass is 401 g/mol. The Hall–Kier alpha value is -4.25. The van der Waals surface area contributed by atoms with Crippen LogP contribution in [-0.2, 0) is 0 Å². The largest absolute Gasteiger partial charge is 0.353 e. The van der Waals surface area contributed by atoms with Gasteiger partial charge in [-0.2, -0.15) is 5.10 Å². The molecule has 0 aliphatic heterocycles. The average molecular weight is 401 g/mol. The second-order valence-corrected chi connectivity index (χ2v) is 7.71. The molecule has 0 saturated heterocycles. The highest BCUT2D eigenvalue weighted by Crippen LogP contribution is 2.35. The van der Waals surface area contributed by atoms with Gasteiger partial charge in [0, 0.05) is 52.2 Å². The number of aromatic nitrogens is 5. The summed E-state index contributed by atoms with van der Waals surface area (Å²) in [5.74, 6) is 0. The third-order valence-corrected chi connectivity index (χ3v) is 5.80. The zero-order chi connectivity index (χ0) is 20.8. The number of hydrogen-bond donors (Lipinski definition) is 2. The Morgan fingerprint density at radius 2 is 1.65 bits per heavy atom. The summed E-state index contributed by atoms with van der Waals surface area (Å²) in [6.07, 6.45) is 7.43. The topological polar surface area (TPSA) is 70.2 Å². The fraction of sp³-hybridized carbons (Fsp3) is 0.0385. The van der Waals surface area contributed by atoms with Crippen molar-refractivity contribution < 1.29 is 0 Å². The molecular formula is C26H19N5. The first-order valence-corrected chi connectivity index (χ1v) is 10.2. The molecule has 4 heterocycles. The first-order valence-electron chi connectivity index (χ1n) is 10.2. The molecule has 6 rings (SSSR count). The van der Waals surface area contributed by atoms with E-state index >= 15 is 0 Å². The van der Waals surface area contributed by atoms with Crippen LogP contribution in [0.1, 0.15) is 5.56 Å². The van der Waals surface area contributed by atoms with Gasteiger partial charge in [-0.05, 0) is 60.0 Å². The predicted octanol–water partition coefficient (Wildman–Crippen LogP) is 6.14. The third-order valence-electron chi connectivity index (χ3n) is 5.80. The van der Waals surface area contributed by atoms with E-state index in [-0.39, 0.29) is 0 Å². The summed E-state index contributed by atoms with van der Waals surface area (Å²) in [4.78, 5) is 12.1. The number of rotatable bonds is 3. The lowest BCUT2D eigenvalue weighted by atomic mass is 10.0. The van der Waals surface area contributed by atoms with Gasteiger partial charge in [0.1, 0.15) is 5.69 Å². The number of hydrogen-bond acceptors (Lipinski definition) is 3. The lowest BCUT2D eigenvalue weighted by Crippen LogP contribution is -1.85. The maximum absolute atomic E-state index is 4.64. The molecule has 148 valence electrons. The zero-order valence-electron chi connectivity index (χ0n) is 16.9. The van der Waals surface area contributed by atoms with Crippen molar-refractivity contribution in [1.82, 2.24) is 25.1 Å². The van der Waals surface area contributed by atoms with Crippen LogP contribution in [0.3, 0.4) is 0 Å². The highest BCUT2D eigenvalue weighted by Gasteiger charge is 2.14. The summed E-state index contributed by atoms with van der Waals surface area (Å²) in [5, 5.41) is 10.0. The van der Waals surface area contributed by atoms with E-state index in [1.54, 1.807) is 6.20 Å². The van der Waals surface area contributed by atoms with Gasteiger partial charge in [-0.25, -0.2) is 0 Å². The van der Waals surface area contributed by atoms with Crippen LogP contribution in [-0.4, -0.2) is 25.1 Å². The third kappa shape index (κ3) is 2.90. The number of aromatic amines is 2. The molecule has 31 heavy (non-hydrogen) atoms. The predicted molar refractivity (Wildman–Crippen MR) is 125 cm³/mol. The summed E-state index contributed by atoms with van der Waals surface area (Å²) < 4.78 is 0. The van der Waals surface area contributed by atoms with Gasteiger partial charge in [-0.1, -0.05) is 24.3 Å². The Balaban J connectivity index is 1.52. The molecule has 0 atom stereocenters. The van der Waals surface area contributed by atoms with Crippen molar-refractivity contribution in [2.24, 2.45) is 0 Å². The summed E-state index contributed by atoms with van der Waals surface area (Å²) in [7, 11) is 0. The standard InChI is InChI=1S/C26H19N5/c1-16-9-11-28-15-22(16)17-7-8-24-21(12-17)26(31-30-24)25-13-20-19(5-2-6-23(20)29-25)18-4-3-10-27-14-18/h2-15,29H,1H3,(H,30,31). The maximum Gasteiger partial charge on any atom is 0.116 e. The van der Waals surface area contributed by atoms with Crippen molar-refractivity contribution in [1.29, 1.82) is 0 Å². The number of fused-ring (bicyclic) bond motifs is 2. The molecule has 0 saturated carbocycles. The fourth-order valence-electron chi connectivity index (χ4n) is 4.21. The number of H-pyrrole nitrogens is 2. The summed E-state index contributed by atoms with van der Waals surface area (Å²) in [6.45, 7) is 2.11. The molecule has 0 aliphatic rings. The summed E-state index contributed by atoms with van der Waals surface area (Å²) >= 11 is 0. The Bertz CT molecular complexity index is 1540. The Kier molecular flexibility index (Phi) is 3.93. The molecule has 2 aromatic carbocycles. The van der Waals surface area contributed by atoms with Gasteiger partial charge >= 0.3 is 0 Å². The summed E-state index contributed by atoms with van der Waals surface area (Å²) in [5.41, 5.74) is 9.69. The van der Waals surface area contributed by atoms with E-state index < -0.39 is 0 Å².